The van der Waals surface area contributed by atoms with E-state index in [1.807, 2.05) is 7.05 Å². The van der Waals surface area contributed by atoms with Gasteiger partial charge in [-0.05, 0) is 7.05 Å². The lowest BCUT2D eigenvalue weighted by Crippen LogP contribution is -2.16. The van der Waals surface area contributed by atoms with E-state index >= 15 is 0 Å². The fourth-order valence-electron chi connectivity index (χ4n) is 0.638. The Hall–Kier alpha value is -0.160. The van der Waals surface area contributed by atoms with Gasteiger partial charge in [0, 0.05) is 13.7 Å². The van der Waals surface area contributed by atoms with Gasteiger partial charge < -0.3 is 19.5 Å². The molecule has 0 bridgehead atoms. The van der Waals surface area contributed by atoms with Gasteiger partial charge in [-0.15, -0.1) is 0 Å². The van der Waals surface area contributed by atoms with Crippen LogP contribution in [0.15, 0.2) is 0 Å². The maximum atomic E-state index is 5.23. The van der Waals surface area contributed by atoms with Gasteiger partial charge in [-0.2, -0.15) is 0 Å². The molecule has 0 radical (unpaired) electrons. The number of ether oxygens (including phenoxy) is 3. The molecule has 0 rings (SSSR count). The van der Waals surface area contributed by atoms with Crippen molar-refractivity contribution in [2.75, 3.05) is 53.7 Å². The predicted octanol–water partition coefficient (Wildman–Crippen LogP) is -0.115. The van der Waals surface area contributed by atoms with Gasteiger partial charge in [0.1, 0.15) is 0 Å². The molecule has 0 spiro atoms. The van der Waals surface area contributed by atoms with Gasteiger partial charge in [0.15, 0.2) is 0 Å². The molecule has 0 aliphatic heterocycles. The molecule has 0 aromatic heterocycles. The van der Waals surface area contributed by atoms with Crippen LogP contribution in [0.1, 0.15) is 0 Å². The minimum Gasteiger partial charge on any atom is -0.382 e. The highest BCUT2D eigenvalue weighted by Gasteiger charge is 1.88. The van der Waals surface area contributed by atoms with Crippen molar-refractivity contribution in [1.82, 2.24) is 5.32 Å². The van der Waals surface area contributed by atoms with Crippen LogP contribution in [0.5, 0.6) is 0 Å². The molecule has 0 aromatic rings. The predicted molar refractivity (Wildman–Crippen MR) is 47.4 cm³/mol. The highest BCUT2D eigenvalue weighted by atomic mass is 16.5. The minimum atomic E-state index is 0.645. The Balaban J connectivity index is 2.73. The Labute approximate surface area is 74.2 Å². The van der Waals surface area contributed by atoms with Crippen molar-refractivity contribution in [3.63, 3.8) is 0 Å². The van der Waals surface area contributed by atoms with Crippen molar-refractivity contribution in [2.45, 2.75) is 0 Å². The van der Waals surface area contributed by atoms with Crippen LogP contribution >= 0.6 is 0 Å². The van der Waals surface area contributed by atoms with Crippen molar-refractivity contribution >= 4 is 0 Å². The highest BCUT2D eigenvalue weighted by Crippen LogP contribution is 1.78. The van der Waals surface area contributed by atoms with E-state index < -0.39 is 0 Å². The van der Waals surface area contributed by atoms with Crippen LogP contribution < -0.4 is 5.32 Å². The molecule has 12 heavy (non-hydrogen) atoms. The number of nitrogens with one attached hydrogen (secondary N) is 1. The third kappa shape index (κ3) is 9.84. The number of methoxy groups -OCH3 is 1. The van der Waals surface area contributed by atoms with Gasteiger partial charge >= 0.3 is 0 Å². The summed E-state index contributed by atoms with van der Waals surface area (Å²) in [5, 5.41) is 2.99. The molecule has 74 valence electrons. The molecule has 0 aliphatic rings. The van der Waals surface area contributed by atoms with Crippen molar-refractivity contribution in [3.8, 4) is 0 Å². The third-order valence-electron chi connectivity index (χ3n) is 1.30. The van der Waals surface area contributed by atoms with Gasteiger partial charge in [-0.3, -0.25) is 0 Å². The molecule has 0 unspecified atom stereocenters. The quantitative estimate of drug-likeness (QED) is 0.499. The summed E-state index contributed by atoms with van der Waals surface area (Å²) >= 11 is 0. The van der Waals surface area contributed by atoms with Crippen molar-refractivity contribution in [3.05, 3.63) is 0 Å². The summed E-state index contributed by atoms with van der Waals surface area (Å²) in [6.07, 6.45) is 0. The summed E-state index contributed by atoms with van der Waals surface area (Å²) in [6, 6.07) is 0. The van der Waals surface area contributed by atoms with E-state index in [2.05, 4.69) is 5.32 Å². The average molecular weight is 177 g/mol. The van der Waals surface area contributed by atoms with Crippen LogP contribution in [0.2, 0.25) is 0 Å². The van der Waals surface area contributed by atoms with Gasteiger partial charge in [0.25, 0.3) is 0 Å². The van der Waals surface area contributed by atoms with Crippen molar-refractivity contribution in [2.24, 2.45) is 0 Å². The van der Waals surface area contributed by atoms with Crippen molar-refractivity contribution < 1.29 is 14.2 Å². The van der Waals surface area contributed by atoms with E-state index in [0.29, 0.717) is 26.4 Å². The van der Waals surface area contributed by atoms with E-state index in [4.69, 9.17) is 14.2 Å². The molecule has 0 amide bonds. The summed E-state index contributed by atoms with van der Waals surface area (Å²) in [5.74, 6) is 0. The summed E-state index contributed by atoms with van der Waals surface area (Å²) < 4.78 is 15.2. The van der Waals surface area contributed by atoms with Gasteiger partial charge in [0.05, 0.1) is 33.0 Å². The number of rotatable bonds is 9. The first-order chi connectivity index (χ1) is 5.91. The average Bonchev–Trinajstić information content (AvgIpc) is 2.10. The lowest BCUT2D eigenvalue weighted by molar-refractivity contribution is 0.0258. The second kappa shape index (κ2) is 10.8. The number of hydrogen-bond donors (Lipinski definition) is 1. The molecule has 4 nitrogen and oxygen atoms in total. The van der Waals surface area contributed by atoms with E-state index in [-0.39, 0.29) is 0 Å². The molecule has 1 N–H and O–H groups in total. The van der Waals surface area contributed by atoms with E-state index in [0.717, 1.165) is 13.2 Å². The van der Waals surface area contributed by atoms with Crippen LogP contribution in [0.25, 0.3) is 0 Å². The zero-order chi connectivity index (χ0) is 9.07. The lowest BCUT2D eigenvalue weighted by atomic mass is 10.7. The molecule has 0 saturated carbocycles. The van der Waals surface area contributed by atoms with E-state index in [1.165, 1.54) is 0 Å². The first kappa shape index (κ1) is 11.8. The fraction of sp³-hybridized carbons (Fsp3) is 1.00. The smallest absolute Gasteiger partial charge is 0.0701 e. The molecular weight excluding hydrogens is 158 g/mol. The first-order valence-corrected chi connectivity index (χ1v) is 4.21. The molecule has 0 atom stereocenters. The molecular formula is C8H19NO3. The first-order valence-electron chi connectivity index (χ1n) is 4.21. The zero-order valence-corrected chi connectivity index (χ0v) is 7.97. The molecule has 0 aliphatic carbocycles. The van der Waals surface area contributed by atoms with Gasteiger partial charge in [-0.1, -0.05) is 0 Å². The Morgan fingerprint density at radius 2 is 1.50 bits per heavy atom. The highest BCUT2D eigenvalue weighted by molar-refractivity contribution is 4.36. The molecule has 4 heteroatoms. The SMILES string of the molecule is CNCCOCCOCCOC. The van der Waals surface area contributed by atoms with Crippen LogP contribution in [0.4, 0.5) is 0 Å². The number of likely N-dealkylation sites (N-methyl/N-ethyl adjacent to an activating group) is 1. The summed E-state index contributed by atoms with van der Waals surface area (Å²) in [7, 11) is 3.56. The van der Waals surface area contributed by atoms with E-state index in [1.54, 1.807) is 7.11 Å². The largest absolute Gasteiger partial charge is 0.382 e. The van der Waals surface area contributed by atoms with Crippen LogP contribution in [0.3, 0.4) is 0 Å². The van der Waals surface area contributed by atoms with Crippen LogP contribution in [-0.2, 0) is 14.2 Å². The van der Waals surface area contributed by atoms with Crippen molar-refractivity contribution in [1.29, 1.82) is 0 Å². The van der Waals surface area contributed by atoms with Gasteiger partial charge in [-0.25, -0.2) is 0 Å². The summed E-state index contributed by atoms with van der Waals surface area (Å²) in [5.41, 5.74) is 0. The number of hydrogen-bond acceptors (Lipinski definition) is 4. The Kier molecular flexibility index (Phi) is 10.7. The van der Waals surface area contributed by atoms with Crippen LogP contribution in [0, 0.1) is 0 Å². The Morgan fingerprint density at radius 1 is 0.917 bits per heavy atom. The standard InChI is InChI=1S/C8H19NO3/c1-9-3-4-11-7-8-12-6-5-10-2/h9H,3-8H2,1-2H3. The Bertz CT molecular complexity index is 70.7. The second-order valence-corrected chi connectivity index (χ2v) is 2.32. The fourth-order valence-corrected chi connectivity index (χ4v) is 0.638. The molecule has 0 aromatic carbocycles. The molecule has 0 heterocycles. The normalized spacial score (nSPS) is 10.5. The minimum absolute atomic E-state index is 0.645. The topological polar surface area (TPSA) is 39.7 Å². The maximum absolute atomic E-state index is 5.23. The second-order valence-electron chi connectivity index (χ2n) is 2.32. The zero-order valence-electron chi connectivity index (χ0n) is 7.97. The summed E-state index contributed by atoms with van der Waals surface area (Å²) in [6.45, 7) is 4.23. The lowest BCUT2D eigenvalue weighted by Gasteiger charge is -2.04. The van der Waals surface area contributed by atoms with Crippen LogP contribution in [-0.4, -0.2) is 53.7 Å². The molecule has 0 saturated heterocycles. The van der Waals surface area contributed by atoms with Gasteiger partial charge in [0.2, 0.25) is 0 Å². The third-order valence-corrected chi connectivity index (χ3v) is 1.30. The maximum Gasteiger partial charge on any atom is 0.0701 e. The summed E-state index contributed by atoms with van der Waals surface area (Å²) in [4.78, 5) is 0. The van der Waals surface area contributed by atoms with E-state index in [9.17, 15) is 0 Å². The monoisotopic (exact) mass is 177 g/mol. The Morgan fingerprint density at radius 3 is 2.08 bits per heavy atom. The molecule has 0 fully saturated rings.